The number of halogens is 2. The molecule has 0 bridgehead atoms. The highest BCUT2D eigenvalue weighted by Crippen LogP contribution is 2.34. The van der Waals surface area contributed by atoms with Gasteiger partial charge < -0.3 is 9.84 Å². The Bertz CT molecular complexity index is 371. The molecule has 0 aliphatic heterocycles. The van der Waals surface area contributed by atoms with Gasteiger partial charge in [0.05, 0.1) is 15.6 Å². The highest BCUT2D eigenvalue weighted by Gasteiger charge is 2.08. The van der Waals surface area contributed by atoms with Crippen LogP contribution in [0.4, 0.5) is 0 Å². The molecule has 0 fully saturated rings. The van der Waals surface area contributed by atoms with Crippen LogP contribution in [-0.4, -0.2) is 24.6 Å². The SMILES string of the molecule is O=Cc1cc(Br)c(OCCCCCCO)c(Br)c1. The van der Waals surface area contributed by atoms with Gasteiger partial charge in [-0.2, -0.15) is 0 Å². The van der Waals surface area contributed by atoms with Gasteiger partial charge in [0.1, 0.15) is 12.0 Å². The number of aldehydes is 1. The predicted molar refractivity (Wildman–Crippen MR) is 78.3 cm³/mol. The molecule has 0 amide bonds. The third-order valence-corrected chi connectivity index (χ3v) is 3.63. The van der Waals surface area contributed by atoms with Gasteiger partial charge in [-0.1, -0.05) is 6.42 Å². The van der Waals surface area contributed by atoms with Gasteiger partial charge in [0, 0.05) is 12.2 Å². The fraction of sp³-hybridized carbons (Fsp3) is 0.462. The van der Waals surface area contributed by atoms with Gasteiger partial charge in [0.15, 0.2) is 0 Å². The van der Waals surface area contributed by atoms with Crippen LogP contribution in [0.15, 0.2) is 21.1 Å². The van der Waals surface area contributed by atoms with Crippen LogP contribution < -0.4 is 4.74 Å². The molecule has 18 heavy (non-hydrogen) atoms. The van der Waals surface area contributed by atoms with E-state index in [4.69, 9.17) is 9.84 Å². The lowest BCUT2D eigenvalue weighted by Gasteiger charge is -2.10. The quantitative estimate of drug-likeness (QED) is 0.549. The molecule has 0 aliphatic carbocycles. The summed E-state index contributed by atoms with van der Waals surface area (Å²) in [5, 5.41) is 8.65. The third kappa shape index (κ3) is 5.08. The number of hydrogen-bond donors (Lipinski definition) is 1. The summed E-state index contributed by atoms with van der Waals surface area (Å²) < 4.78 is 7.22. The predicted octanol–water partition coefficient (Wildman–Crippen LogP) is 3.96. The molecule has 0 aliphatic rings. The summed E-state index contributed by atoms with van der Waals surface area (Å²) in [6.45, 7) is 0.883. The average molecular weight is 380 g/mol. The molecule has 0 spiro atoms. The maximum atomic E-state index is 10.7. The van der Waals surface area contributed by atoms with Crippen molar-refractivity contribution in [1.82, 2.24) is 0 Å². The Balaban J connectivity index is 2.45. The fourth-order valence-corrected chi connectivity index (χ4v) is 2.98. The zero-order valence-corrected chi connectivity index (χ0v) is 13.2. The van der Waals surface area contributed by atoms with Crippen LogP contribution in [0.3, 0.4) is 0 Å². The Labute approximate surface area is 124 Å². The van der Waals surface area contributed by atoms with E-state index < -0.39 is 0 Å². The van der Waals surface area contributed by atoms with E-state index in [-0.39, 0.29) is 6.61 Å². The van der Waals surface area contributed by atoms with Crippen molar-refractivity contribution in [1.29, 1.82) is 0 Å². The van der Waals surface area contributed by atoms with Gasteiger partial charge in [-0.25, -0.2) is 0 Å². The van der Waals surface area contributed by atoms with Gasteiger partial charge in [-0.3, -0.25) is 4.79 Å². The third-order valence-electron chi connectivity index (χ3n) is 2.46. The number of carbonyl (C=O) groups excluding carboxylic acids is 1. The van der Waals surface area contributed by atoms with E-state index in [1.54, 1.807) is 12.1 Å². The largest absolute Gasteiger partial charge is 0.491 e. The highest BCUT2D eigenvalue weighted by atomic mass is 79.9. The van der Waals surface area contributed by atoms with Gasteiger partial charge in [0.2, 0.25) is 0 Å². The molecule has 0 aromatic heterocycles. The molecular weight excluding hydrogens is 364 g/mol. The van der Waals surface area contributed by atoms with Crippen LogP contribution in [0.25, 0.3) is 0 Å². The van der Waals surface area contributed by atoms with Gasteiger partial charge >= 0.3 is 0 Å². The van der Waals surface area contributed by atoms with E-state index >= 15 is 0 Å². The smallest absolute Gasteiger partial charge is 0.150 e. The maximum absolute atomic E-state index is 10.7. The monoisotopic (exact) mass is 378 g/mol. The molecule has 1 aromatic rings. The van der Waals surface area contributed by atoms with E-state index in [9.17, 15) is 4.79 Å². The Morgan fingerprint density at radius 1 is 1.11 bits per heavy atom. The van der Waals surface area contributed by atoms with Gasteiger partial charge in [0.25, 0.3) is 0 Å². The van der Waals surface area contributed by atoms with Crippen LogP contribution in [0.1, 0.15) is 36.0 Å². The lowest BCUT2D eigenvalue weighted by Crippen LogP contribution is -1.99. The average Bonchev–Trinajstić information content (AvgIpc) is 2.35. The number of aliphatic hydroxyl groups excluding tert-OH is 1. The summed E-state index contributed by atoms with van der Waals surface area (Å²) in [5.74, 6) is 0.725. The second-order valence-electron chi connectivity index (χ2n) is 3.92. The van der Waals surface area contributed by atoms with E-state index in [0.717, 1.165) is 46.7 Å². The minimum Gasteiger partial charge on any atom is -0.491 e. The van der Waals surface area contributed by atoms with E-state index in [2.05, 4.69) is 31.9 Å². The molecule has 3 nitrogen and oxygen atoms in total. The van der Waals surface area contributed by atoms with Crippen LogP contribution >= 0.6 is 31.9 Å². The summed E-state index contributed by atoms with van der Waals surface area (Å²) in [5.41, 5.74) is 0.601. The van der Waals surface area contributed by atoms with Crippen LogP contribution in [0.5, 0.6) is 5.75 Å². The van der Waals surface area contributed by atoms with Crippen molar-refractivity contribution >= 4 is 38.1 Å². The molecular formula is C13H16Br2O3. The number of rotatable bonds is 8. The highest BCUT2D eigenvalue weighted by molar-refractivity contribution is 9.11. The van der Waals surface area contributed by atoms with Crippen molar-refractivity contribution in [3.05, 3.63) is 26.6 Å². The standard InChI is InChI=1S/C13H16Br2O3/c14-11-7-10(9-17)8-12(15)13(11)18-6-4-2-1-3-5-16/h7-9,16H,1-6H2. The first-order valence-corrected chi connectivity index (χ1v) is 7.45. The molecule has 1 rings (SSSR count). The van der Waals surface area contributed by atoms with Crippen molar-refractivity contribution in [3.63, 3.8) is 0 Å². The normalized spacial score (nSPS) is 10.4. The molecule has 0 atom stereocenters. The number of hydrogen-bond acceptors (Lipinski definition) is 3. The lowest BCUT2D eigenvalue weighted by molar-refractivity contribution is 0.112. The molecule has 0 saturated heterocycles. The molecule has 0 saturated carbocycles. The summed E-state index contributed by atoms with van der Waals surface area (Å²) in [6.07, 6.45) is 4.67. The minimum absolute atomic E-state index is 0.255. The first-order valence-electron chi connectivity index (χ1n) is 5.87. The number of unbranched alkanes of at least 4 members (excludes halogenated alkanes) is 3. The number of ether oxygens (including phenoxy) is 1. The van der Waals surface area contributed by atoms with Crippen molar-refractivity contribution in [2.75, 3.05) is 13.2 Å². The zero-order valence-electron chi connectivity index (χ0n) is 9.99. The summed E-state index contributed by atoms with van der Waals surface area (Å²) in [4.78, 5) is 10.7. The number of benzene rings is 1. The molecule has 0 radical (unpaired) electrons. The molecule has 100 valence electrons. The minimum atomic E-state index is 0.255. The van der Waals surface area contributed by atoms with Crippen LogP contribution in [-0.2, 0) is 0 Å². The van der Waals surface area contributed by atoms with Crippen molar-refractivity contribution in [3.8, 4) is 5.75 Å². The Kier molecular flexibility index (Phi) is 7.54. The fourth-order valence-electron chi connectivity index (χ4n) is 1.53. The molecule has 1 N–H and O–H groups in total. The second-order valence-corrected chi connectivity index (χ2v) is 5.63. The Hall–Kier alpha value is -0.390. The second kappa shape index (κ2) is 8.67. The van der Waals surface area contributed by atoms with Crippen LogP contribution in [0, 0.1) is 0 Å². The molecule has 0 heterocycles. The van der Waals surface area contributed by atoms with Crippen molar-refractivity contribution in [2.45, 2.75) is 25.7 Å². The van der Waals surface area contributed by atoms with E-state index in [0.29, 0.717) is 12.2 Å². The van der Waals surface area contributed by atoms with E-state index in [1.807, 2.05) is 0 Å². The van der Waals surface area contributed by atoms with Gasteiger partial charge in [-0.05, 0) is 63.3 Å². The number of aliphatic hydroxyl groups is 1. The molecule has 1 aromatic carbocycles. The summed E-state index contributed by atoms with van der Waals surface area (Å²) in [6, 6.07) is 3.47. The number of carbonyl (C=O) groups is 1. The van der Waals surface area contributed by atoms with Crippen LogP contribution in [0.2, 0.25) is 0 Å². The maximum Gasteiger partial charge on any atom is 0.150 e. The molecule has 0 unspecified atom stereocenters. The Morgan fingerprint density at radius 2 is 1.72 bits per heavy atom. The molecule has 5 heteroatoms. The zero-order chi connectivity index (χ0) is 13.4. The summed E-state index contributed by atoms with van der Waals surface area (Å²) in [7, 11) is 0. The van der Waals surface area contributed by atoms with E-state index in [1.165, 1.54) is 0 Å². The lowest BCUT2D eigenvalue weighted by atomic mass is 10.2. The van der Waals surface area contributed by atoms with Crippen molar-refractivity contribution < 1.29 is 14.6 Å². The first-order chi connectivity index (χ1) is 8.69. The topological polar surface area (TPSA) is 46.5 Å². The summed E-state index contributed by atoms with van der Waals surface area (Å²) >= 11 is 6.77. The Morgan fingerprint density at radius 3 is 2.28 bits per heavy atom. The van der Waals surface area contributed by atoms with Gasteiger partial charge in [-0.15, -0.1) is 0 Å². The van der Waals surface area contributed by atoms with Crippen molar-refractivity contribution in [2.24, 2.45) is 0 Å². The first kappa shape index (κ1) is 15.7.